The summed E-state index contributed by atoms with van der Waals surface area (Å²) in [7, 11) is 1.60. The molecule has 1 aromatic carbocycles. The second-order valence-corrected chi connectivity index (χ2v) is 10.1. The van der Waals surface area contributed by atoms with Gasteiger partial charge < -0.3 is 15.4 Å². The van der Waals surface area contributed by atoms with Crippen LogP contribution in [0.15, 0.2) is 28.6 Å². The van der Waals surface area contributed by atoms with Gasteiger partial charge in [0, 0.05) is 5.69 Å². The van der Waals surface area contributed by atoms with Crippen molar-refractivity contribution in [2.75, 3.05) is 18.2 Å². The van der Waals surface area contributed by atoms with Gasteiger partial charge in [-0.15, -0.1) is 10.2 Å². The number of nitrogens with one attached hydrogen (secondary N) is 3. The van der Waals surface area contributed by atoms with Crippen molar-refractivity contribution >= 4 is 51.8 Å². The molecule has 1 aliphatic heterocycles. The number of rotatable bonds is 7. The molecule has 1 saturated carbocycles. The minimum absolute atomic E-state index is 0.00172. The lowest BCUT2D eigenvalue weighted by molar-refractivity contribution is -0.139. The first-order chi connectivity index (χ1) is 15.4. The number of benzene rings is 1. The monoisotopic (exact) mass is 476 g/mol. The van der Waals surface area contributed by atoms with Gasteiger partial charge >= 0.3 is 6.03 Å². The van der Waals surface area contributed by atoms with Crippen LogP contribution in [0.25, 0.3) is 0 Å². The fraction of sp³-hybridized carbons (Fsp3) is 0.450. The third-order valence-electron chi connectivity index (χ3n) is 5.60. The molecule has 1 aromatic heterocycles. The quantitative estimate of drug-likeness (QED) is 0.411. The maximum Gasteiger partial charge on any atom is 0.344 e. The number of carbonyl (C=O) groups excluding carboxylic acids is 3. The molecule has 12 heteroatoms. The second kappa shape index (κ2) is 9.33. The average Bonchev–Trinajstić information content (AvgIpc) is 3.33. The molecule has 0 atom stereocenters. The normalized spacial score (nSPS) is 22.7. The zero-order valence-electron chi connectivity index (χ0n) is 17.7. The van der Waals surface area contributed by atoms with Crippen LogP contribution in [0.3, 0.4) is 0 Å². The van der Waals surface area contributed by atoms with E-state index in [1.54, 1.807) is 7.11 Å². The third kappa shape index (κ3) is 4.80. The Bertz CT molecular complexity index is 1000. The Hall–Kier alpha value is -2.86. The van der Waals surface area contributed by atoms with Crippen LogP contribution in [0.5, 0.6) is 5.75 Å². The van der Waals surface area contributed by atoms with Gasteiger partial charge in [0.2, 0.25) is 11.0 Å². The van der Waals surface area contributed by atoms with Crippen LogP contribution in [-0.4, -0.2) is 51.5 Å². The summed E-state index contributed by atoms with van der Waals surface area (Å²) in [5.74, 6) is 0.443. The largest absolute Gasteiger partial charge is 0.497 e. The lowest BCUT2D eigenvalue weighted by Gasteiger charge is -2.33. The van der Waals surface area contributed by atoms with E-state index in [2.05, 4.69) is 33.2 Å². The highest BCUT2D eigenvalue weighted by Gasteiger charge is 2.52. The van der Waals surface area contributed by atoms with Crippen molar-refractivity contribution in [3.05, 3.63) is 24.3 Å². The van der Waals surface area contributed by atoms with Crippen molar-refractivity contribution in [2.24, 2.45) is 5.92 Å². The van der Waals surface area contributed by atoms with Crippen molar-refractivity contribution in [3.63, 3.8) is 0 Å². The molecule has 2 aromatic rings. The summed E-state index contributed by atoms with van der Waals surface area (Å²) in [4.78, 5) is 37.5. The highest BCUT2D eigenvalue weighted by molar-refractivity contribution is 8.01. The van der Waals surface area contributed by atoms with Crippen LogP contribution in [-0.2, 0) is 9.59 Å². The van der Waals surface area contributed by atoms with Gasteiger partial charge in [-0.2, -0.15) is 5.01 Å². The van der Waals surface area contributed by atoms with Gasteiger partial charge in [0.15, 0.2) is 4.34 Å². The number of amides is 4. The molecule has 2 heterocycles. The van der Waals surface area contributed by atoms with Crippen LogP contribution in [0.1, 0.15) is 32.6 Å². The molecule has 1 saturated heterocycles. The molecule has 0 bridgehead atoms. The number of hydrogen-bond acceptors (Lipinski definition) is 9. The summed E-state index contributed by atoms with van der Waals surface area (Å²) < 4.78 is 5.72. The summed E-state index contributed by atoms with van der Waals surface area (Å²) in [6.07, 6.45) is 2.92. The van der Waals surface area contributed by atoms with Crippen molar-refractivity contribution in [1.82, 2.24) is 25.9 Å². The highest BCUT2D eigenvalue weighted by Crippen LogP contribution is 2.36. The number of anilines is 2. The third-order valence-corrected chi connectivity index (χ3v) is 7.57. The predicted molar refractivity (Wildman–Crippen MR) is 121 cm³/mol. The zero-order valence-corrected chi connectivity index (χ0v) is 19.3. The van der Waals surface area contributed by atoms with Crippen molar-refractivity contribution in [2.45, 2.75) is 42.5 Å². The lowest BCUT2D eigenvalue weighted by Crippen LogP contribution is -2.51. The number of thioether (sulfide) groups is 1. The summed E-state index contributed by atoms with van der Waals surface area (Å²) in [5.41, 5.74) is 2.38. The number of imide groups is 1. The van der Waals surface area contributed by atoms with E-state index in [4.69, 9.17) is 4.74 Å². The Morgan fingerprint density at radius 1 is 1.28 bits per heavy atom. The fourth-order valence-electron chi connectivity index (χ4n) is 3.72. The van der Waals surface area contributed by atoms with Crippen molar-refractivity contribution in [3.8, 4) is 5.75 Å². The Morgan fingerprint density at radius 3 is 2.69 bits per heavy atom. The molecule has 4 amide bonds. The number of methoxy groups -OCH3 is 1. The first-order valence-electron chi connectivity index (χ1n) is 10.2. The van der Waals surface area contributed by atoms with E-state index >= 15 is 0 Å². The van der Waals surface area contributed by atoms with Gasteiger partial charge in [0.1, 0.15) is 11.3 Å². The Morgan fingerprint density at radius 2 is 2.00 bits per heavy atom. The fourth-order valence-corrected chi connectivity index (χ4v) is 5.28. The summed E-state index contributed by atoms with van der Waals surface area (Å²) in [5, 5.41) is 15.4. The molecule has 0 unspecified atom stereocenters. The van der Waals surface area contributed by atoms with Crippen molar-refractivity contribution < 1.29 is 19.1 Å². The summed E-state index contributed by atoms with van der Waals surface area (Å²) in [6.45, 7) is 2.14. The second-order valence-electron chi connectivity index (χ2n) is 7.89. The number of hydrazine groups is 1. The van der Waals surface area contributed by atoms with E-state index in [9.17, 15) is 14.4 Å². The predicted octanol–water partition coefficient (Wildman–Crippen LogP) is 2.91. The zero-order chi connectivity index (χ0) is 22.7. The molecule has 2 fully saturated rings. The summed E-state index contributed by atoms with van der Waals surface area (Å²) >= 11 is 2.48. The highest BCUT2D eigenvalue weighted by atomic mass is 32.2. The molecule has 3 N–H and O–H groups in total. The lowest BCUT2D eigenvalue weighted by atomic mass is 9.77. The van der Waals surface area contributed by atoms with Gasteiger partial charge in [0.25, 0.3) is 5.91 Å². The number of carbonyl (C=O) groups is 3. The van der Waals surface area contributed by atoms with E-state index < -0.39 is 17.5 Å². The molecular formula is C20H24N6O4S2. The first kappa shape index (κ1) is 22.3. The molecule has 1 spiro atoms. The van der Waals surface area contributed by atoms with Gasteiger partial charge in [-0.05, 0) is 55.9 Å². The number of hydrogen-bond donors (Lipinski definition) is 3. The first-order valence-corrected chi connectivity index (χ1v) is 12.0. The maximum absolute atomic E-state index is 12.8. The van der Waals surface area contributed by atoms with Crippen LogP contribution in [0, 0.1) is 5.92 Å². The van der Waals surface area contributed by atoms with Crippen LogP contribution >= 0.6 is 23.1 Å². The number of urea groups is 1. The standard InChI is InChI=1S/C20H24N6O4S2/c1-12-7-9-20(10-8-12)16(28)26(18(29)22-20)25-15(27)11-31-19-24-23-17(32-19)21-13-3-5-14(30-2)6-4-13/h3-6,12H,7-11H2,1-2H3,(H,21,23)(H,22,29)(H,25,27). The van der Waals surface area contributed by atoms with Crippen LogP contribution in [0.4, 0.5) is 15.6 Å². The minimum Gasteiger partial charge on any atom is -0.497 e. The summed E-state index contributed by atoms with van der Waals surface area (Å²) in [6, 6.07) is 6.80. The maximum atomic E-state index is 12.8. The minimum atomic E-state index is -0.884. The molecule has 32 heavy (non-hydrogen) atoms. The Labute approximate surface area is 193 Å². The van der Waals surface area contributed by atoms with Crippen molar-refractivity contribution in [1.29, 1.82) is 0 Å². The van der Waals surface area contributed by atoms with Gasteiger partial charge in [-0.3, -0.25) is 15.0 Å². The topological polar surface area (TPSA) is 126 Å². The Balaban J connectivity index is 1.28. The van der Waals surface area contributed by atoms with E-state index in [1.807, 2.05) is 24.3 Å². The van der Waals surface area contributed by atoms with Gasteiger partial charge in [-0.25, -0.2) is 4.79 Å². The van der Waals surface area contributed by atoms with Crippen LogP contribution < -0.4 is 20.8 Å². The van der Waals surface area contributed by atoms with Gasteiger partial charge in [0.05, 0.1) is 12.9 Å². The molecule has 170 valence electrons. The SMILES string of the molecule is COc1ccc(Nc2nnc(SCC(=O)NN3C(=O)NC4(CCC(C)CC4)C3=O)s2)cc1. The molecular weight excluding hydrogens is 452 g/mol. The van der Waals surface area contributed by atoms with E-state index in [0.717, 1.165) is 29.3 Å². The molecule has 10 nitrogen and oxygen atoms in total. The average molecular weight is 477 g/mol. The Kier molecular flexibility index (Phi) is 6.51. The van der Waals surface area contributed by atoms with E-state index in [1.165, 1.54) is 23.1 Å². The molecule has 0 radical (unpaired) electrons. The molecule has 4 rings (SSSR count). The molecule has 2 aliphatic rings. The number of nitrogens with zero attached hydrogens (tertiary/aromatic N) is 3. The number of ether oxygens (including phenoxy) is 1. The van der Waals surface area contributed by atoms with Crippen LogP contribution in [0.2, 0.25) is 0 Å². The smallest absolute Gasteiger partial charge is 0.344 e. The van der Waals surface area contributed by atoms with Gasteiger partial charge in [-0.1, -0.05) is 30.0 Å². The van der Waals surface area contributed by atoms with E-state index in [0.29, 0.717) is 28.2 Å². The molecule has 1 aliphatic carbocycles. The van der Waals surface area contributed by atoms with E-state index in [-0.39, 0.29) is 11.7 Å². The number of aromatic nitrogens is 2.